The number of nitrogens with one attached hydrogen (secondary N) is 1. The van der Waals surface area contributed by atoms with Gasteiger partial charge in [0.1, 0.15) is 0 Å². The molecule has 2 unspecified atom stereocenters. The van der Waals surface area contributed by atoms with Crippen molar-refractivity contribution in [2.45, 2.75) is 38.3 Å². The van der Waals surface area contributed by atoms with Gasteiger partial charge in [0, 0.05) is 24.5 Å². The van der Waals surface area contributed by atoms with Crippen LogP contribution in [0.1, 0.15) is 37.8 Å². The monoisotopic (exact) mass is 294 g/mol. The number of hydrogen-bond donors (Lipinski definition) is 1. The maximum atomic E-state index is 12.1. The molecule has 1 heterocycles. The topological polar surface area (TPSA) is 49.4 Å². The third kappa shape index (κ3) is 3.19. The Morgan fingerprint density at radius 3 is 2.85 bits per heavy atom. The van der Waals surface area contributed by atoms with Gasteiger partial charge in [-0.1, -0.05) is 30.7 Å². The first kappa shape index (κ1) is 15.0. The maximum Gasteiger partial charge on any atom is 0.246 e. The van der Waals surface area contributed by atoms with E-state index in [-0.39, 0.29) is 23.9 Å². The van der Waals surface area contributed by atoms with Crippen LogP contribution < -0.4 is 5.32 Å². The zero-order valence-electron chi connectivity index (χ0n) is 11.7. The van der Waals surface area contributed by atoms with Gasteiger partial charge in [0.05, 0.1) is 6.04 Å². The third-order valence-electron chi connectivity index (χ3n) is 3.71. The van der Waals surface area contributed by atoms with Gasteiger partial charge in [-0.05, 0) is 30.5 Å². The number of nitrogens with zero attached hydrogens (tertiary/aromatic N) is 1. The number of hydrogen-bond acceptors (Lipinski definition) is 3. The van der Waals surface area contributed by atoms with Gasteiger partial charge in [-0.2, -0.15) is 0 Å². The van der Waals surface area contributed by atoms with E-state index in [9.17, 15) is 9.59 Å². The number of amides is 2. The molecule has 0 saturated carbocycles. The predicted molar refractivity (Wildman–Crippen MR) is 78.4 cm³/mol. The number of benzene rings is 1. The van der Waals surface area contributed by atoms with Crippen LogP contribution in [0.2, 0.25) is 5.02 Å². The van der Waals surface area contributed by atoms with Crippen molar-refractivity contribution in [3.8, 4) is 0 Å². The van der Waals surface area contributed by atoms with Gasteiger partial charge in [-0.25, -0.2) is 0 Å². The van der Waals surface area contributed by atoms with Gasteiger partial charge in [-0.15, -0.1) is 0 Å². The van der Waals surface area contributed by atoms with Gasteiger partial charge in [-0.3, -0.25) is 19.8 Å². The summed E-state index contributed by atoms with van der Waals surface area (Å²) in [6.07, 6.45) is 1.81. The van der Waals surface area contributed by atoms with E-state index in [4.69, 9.17) is 11.6 Å². The standard InChI is InChI=1S/C15H19ClN2O2/c1-3-12(10-5-4-6-11(16)9-10)17-13-7-8-14(19)18(2)15(13)20/h4-6,9,12-13,17H,3,7-8H2,1-2H3. The Bertz CT molecular complexity index is 518. The number of likely N-dealkylation sites (tertiary alicyclic amines) is 1. The first-order valence-corrected chi connectivity index (χ1v) is 7.22. The zero-order valence-corrected chi connectivity index (χ0v) is 12.5. The number of carbonyl (C=O) groups excluding carboxylic acids is 2. The molecule has 0 bridgehead atoms. The Hall–Kier alpha value is -1.39. The lowest BCUT2D eigenvalue weighted by atomic mass is 9.99. The SMILES string of the molecule is CCC(NC1CCC(=O)N(C)C1=O)c1cccc(Cl)c1. The average Bonchev–Trinajstić information content (AvgIpc) is 2.44. The Morgan fingerprint density at radius 2 is 2.20 bits per heavy atom. The molecule has 2 rings (SSSR count). The van der Waals surface area contributed by atoms with Crippen molar-refractivity contribution >= 4 is 23.4 Å². The Morgan fingerprint density at radius 1 is 1.45 bits per heavy atom. The molecule has 1 aromatic rings. The van der Waals surface area contributed by atoms with Gasteiger partial charge in [0.25, 0.3) is 0 Å². The molecule has 2 amide bonds. The summed E-state index contributed by atoms with van der Waals surface area (Å²) in [6.45, 7) is 2.06. The average molecular weight is 295 g/mol. The van der Waals surface area contributed by atoms with Gasteiger partial charge >= 0.3 is 0 Å². The summed E-state index contributed by atoms with van der Waals surface area (Å²) in [5, 5.41) is 4.03. The van der Waals surface area contributed by atoms with Crippen LogP contribution in [0.15, 0.2) is 24.3 Å². The molecule has 1 saturated heterocycles. The third-order valence-corrected chi connectivity index (χ3v) is 3.95. The van der Waals surface area contributed by atoms with Crippen molar-refractivity contribution < 1.29 is 9.59 Å². The normalized spacial score (nSPS) is 21.1. The number of likely N-dealkylation sites (N-methyl/N-ethyl adjacent to an activating group) is 1. The second-order valence-corrected chi connectivity index (χ2v) is 5.50. The van der Waals surface area contributed by atoms with Crippen LogP contribution >= 0.6 is 11.6 Å². The highest BCUT2D eigenvalue weighted by atomic mass is 35.5. The molecular weight excluding hydrogens is 276 g/mol. The summed E-state index contributed by atoms with van der Waals surface area (Å²) in [4.78, 5) is 24.8. The smallest absolute Gasteiger partial charge is 0.246 e. The van der Waals surface area contributed by atoms with Crippen molar-refractivity contribution in [1.29, 1.82) is 0 Å². The molecule has 0 spiro atoms. The van der Waals surface area contributed by atoms with E-state index in [1.54, 1.807) is 7.05 Å². The molecule has 0 radical (unpaired) electrons. The second-order valence-electron chi connectivity index (χ2n) is 5.06. The van der Waals surface area contributed by atoms with Crippen LogP contribution in [-0.2, 0) is 9.59 Å². The predicted octanol–water partition coefficient (Wildman–Crippen LogP) is 2.53. The number of piperidine rings is 1. The first-order chi connectivity index (χ1) is 9.52. The highest BCUT2D eigenvalue weighted by Crippen LogP contribution is 2.23. The number of imide groups is 1. The second kappa shape index (κ2) is 6.37. The van der Waals surface area contributed by atoms with E-state index in [0.29, 0.717) is 17.9 Å². The molecule has 1 N–H and O–H groups in total. The highest BCUT2D eigenvalue weighted by Gasteiger charge is 2.32. The summed E-state index contributed by atoms with van der Waals surface area (Å²) in [6, 6.07) is 7.39. The number of carbonyl (C=O) groups is 2. The van der Waals surface area contributed by atoms with Gasteiger partial charge in [0.2, 0.25) is 11.8 Å². The fraction of sp³-hybridized carbons (Fsp3) is 0.467. The van der Waals surface area contributed by atoms with E-state index in [1.807, 2.05) is 24.3 Å². The van der Waals surface area contributed by atoms with Crippen LogP contribution in [0.5, 0.6) is 0 Å². The molecule has 4 nitrogen and oxygen atoms in total. The Balaban J connectivity index is 2.11. The lowest BCUT2D eigenvalue weighted by Gasteiger charge is -2.31. The van der Waals surface area contributed by atoms with Crippen LogP contribution in [-0.4, -0.2) is 29.8 Å². The Kier molecular flexibility index (Phi) is 4.78. The Labute approximate surface area is 124 Å². The van der Waals surface area contributed by atoms with Crippen molar-refractivity contribution in [2.24, 2.45) is 0 Å². The van der Waals surface area contributed by atoms with Gasteiger partial charge in [0.15, 0.2) is 0 Å². The molecule has 0 aliphatic carbocycles. The number of rotatable bonds is 4. The lowest BCUT2D eigenvalue weighted by Crippen LogP contribution is -2.52. The summed E-state index contributed by atoms with van der Waals surface area (Å²) in [5.41, 5.74) is 1.06. The molecule has 108 valence electrons. The zero-order chi connectivity index (χ0) is 14.7. The first-order valence-electron chi connectivity index (χ1n) is 6.84. The molecule has 20 heavy (non-hydrogen) atoms. The minimum atomic E-state index is -0.304. The fourth-order valence-electron chi connectivity index (χ4n) is 2.49. The maximum absolute atomic E-state index is 12.1. The molecule has 5 heteroatoms. The van der Waals surface area contributed by atoms with Crippen LogP contribution in [0.25, 0.3) is 0 Å². The van der Waals surface area contributed by atoms with Crippen molar-refractivity contribution in [3.05, 3.63) is 34.9 Å². The summed E-state index contributed by atoms with van der Waals surface area (Å²) in [7, 11) is 1.54. The highest BCUT2D eigenvalue weighted by molar-refractivity contribution is 6.30. The summed E-state index contributed by atoms with van der Waals surface area (Å²) >= 11 is 6.01. The molecule has 0 aromatic heterocycles. The molecular formula is C15H19ClN2O2. The van der Waals surface area contributed by atoms with E-state index >= 15 is 0 Å². The molecule has 1 aliphatic heterocycles. The minimum Gasteiger partial charge on any atom is -0.299 e. The van der Waals surface area contributed by atoms with E-state index in [2.05, 4.69) is 12.2 Å². The number of halogens is 1. The molecule has 1 aromatic carbocycles. The van der Waals surface area contributed by atoms with Crippen molar-refractivity contribution in [3.63, 3.8) is 0 Å². The summed E-state index contributed by atoms with van der Waals surface area (Å²) < 4.78 is 0. The van der Waals surface area contributed by atoms with Crippen LogP contribution in [0, 0.1) is 0 Å². The van der Waals surface area contributed by atoms with Crippen molar-refractivity contribution in [1.82, 2.24) is 10.2 Å². The minimum absolute atomic E-state index is 0.0595. The van der Waals surface area contributed by atoms with E-state index in [0.717, 1.165) is 12.0 Å². The van der Waals surface area contributed by atoms with E-state index < -0.39 is 0 Å². The fourth-order valence-corrected chi connectivity index (χ4v) is 2.68. The van der Waals surface area contributed by atoms with Gasteiger partial charge < -0.3 is 0 Å². The molecule has 2 atom stereocenters. The van der Waals surface area contributed by atoms with Crippen LogP contribution in [0.4, 0.5) is 0 Å². The quantitative estimate of drug-likeness (QED) is 0.868. The molecule has 1 fully saturated rings. The lowest BCUT2D eigenvalue weighted by molar-refractivity contribution is -0.148. The van der Waals surface area contributed by atoms with Crippen LogP contribution in [0.3, 0.4) is 0 Å². The summed E-state index contributed by atoms with van der Waals surface area (Å²) in [5.74, 6) is -0.259. The van der Waals surface area contributed by atoms with E-state index in [1.165, 1.54) is 4.90 Å². The molecule has 1 aliphatic rings. The van der Waals surface area contributed by atoms with Crippen molar-refractivity contribution in [2.75, 3.05) is 7.05 Å². The largest absolute Gasteiger partial charge is 0.299 e.